The van der Waals surface area contributed by atoms with Crippen LogP contribution in [0.2, 0.25) is 0 Å². The summed E-state index contributed by atoms with van der Waals surface area (Å²) in [5.74, 6) is -13.7. The highest BCUT2D eigenvalue weighted by Crippen LogP contribution is 2.25. The summed E-state index contributed by atoms with van der Waals surface area (Å²) in [5, 5.41) is 63.0. The fourth-order valence-electron chi connectivity index (χ4n) is 10.5. The number of fused-ring (bicyclic) bond motifs is 1. The van der Waals surface area contributed by atoms with E-state index in [1.807, 2.05) is 6.92 Å². The van der Waals surface area contributed by atoms with E-state index in [0.29, 0.717) is 12.8 Å². The number of carbonyl (C=O) groups is 12. The van der Waals surface area contributed by atoms with Gasteiger partial charge in [-0.25, -0.2) is 0 Å². The first-order chi connectivity index (χ1) is 41.3. The second kappa shape index (κ2) is 38.6. The number of nitrogens with two attached hydrogens (primary N) is 2. The van der Waals surface area contributed by atoms with Crippen LogP contribution in [0, 0.1) is 11.8 Å². The maximum absolute atomic E-state index is 14.8. The van der Waals surface area contributed by atoms with Gasteiger partial charge >= 0.3 is 0 Å². The summed E-state index contributed by atoms with van der Waals surface area (Å²) in [5.41, 5.74) is 10.6. The Labute approximate surface area is 516 Å². The average Bonchev–Trinajstić information content (AvgIpc) is 1.74. The molecule has 2 aliphatic rings. The van der Waals surface area contributed by atoms with E-state index in [-0.39, 0.29) is 25.5 Å². The zero-order valence-electron chi connectivity index (χ0n) is 53.2. The standard InChI is InChI=1S/C59H102N12O17/c1-12-23-37(74)25-21-19-17-15-14-16-18-20-24-32(5)45-49(77)57(85)65-44(31(3)4)54(82)63-38(13-2)51(79)67-47(35(8)73)56(84)68-46(34(7)72)55(83)64-39(27-28-42(60)75)52(80)62-33(6)50(78)69-48(36(9)88-11)59(87)70(10)41(30-43(61)76)58(86)71-29-22-26-40(71)53(81)66-45/h13,31-37,39-41,44-49,72-74,77H,12,14-30H2,1-11H3,(H2,60,75)(H2,61,76)(H,62,80)(H,63,82)(H,64,83)(H,65,85)(H,66,81)(H,67,79)(H,68,84)(H,69,78)/b38-13+/t32-,33+,34+,35+,36+,37+,39-,40-,41-,44-,45+,46-,47-,48-,49+/m0/s1. The Balaban J connectivity index is 2.76. The summed E-state index contributed by atoms with van der Waals surface area (Å²) in [6, 6.07) is -14.4. The highest BCUT2D eigenvalue weighted by Gasteiger charge is 2.45. The minimum absolute atomic E-state index is 0.0470. The molecule has 0 aromatic rings. The molecule has 0 saturated carbocycles. The summed E-state index contributed by atoms with van der Waals surface area (Å²) < 4.78 is 5.44. The molecule has 0 unspecified atom stereocenters. The van der Waals surface area contributed by atoms with Crippen LogP contribution in [-0.2, 0) is 62.3 Å². The summed E-state index contributed by atoms with van der Waals surface area (Å²) in [6.07, 6.45) is 2.94. The number of aliphatic hydroxyl groups excluding tert-OH is 4. The quantitative estimate of drug-likeness (QED) is 0.0364. The van der Waals surface area contributed by atoms with E-state index >= 15 is 0 Å². The number of carbonyl (C=O) groups excluding carboxylic acids is 12. The van der Waals surface area contributed by atoms with Gasteiger partial charge in [-0.1, -0.05) is 91.6 Å². The first-order valence-corrected chi connectivity index (χ1v) is 30.8. The number of allylic oxidation sites excluding steroid dienone is 1. The van der Waals surface area contributed by atoms with Crippen molar-refractivity contribution < 1.29 is 82.7 Å². The Hall–Kier alpha value is -6.82. The predicted octanol–water partition coefficient (Wildman–Crippen LogP) is -2.10. The molecule has 0 aromatic heterocycles. The molecule has 0 radical (unpaired) electrons. The lowest BCUT2D eigenvalue weighted by Gasteiger charge is -2.36. The number of ether oxygens (including phenoxy) is 1. The molecule has 2 heterocycles. The van der Waals surface area contributed by atoms with E-state index in [1.54, 1.807) is 20.8 Å². The molecule has 0 aromatic carbocycles. The maximum Gasteiger partial charge on any atom is 0.268 e. The minimum Gasteiger partial charge on any atom is -0.393 e. The number of likely N-dealkylation sites (N-methyl/N-ethyl adjacent to an activating group) is 1. The third kappa shape index (κ3) is 24.6. The zero-order valence-corrected chi connectivity index (χ0v) is 53.2. The summed E-state index contributed by atoms with van der Waals surface area (Å²) in [4.78, 5) is 168. The molecule has 29 nitrogen and oxygen atoms in total. The maximum atomic E-state index is 14.8. The van der Waals surface area contributed by atoms with Gasteiger partial charge in [0.05, 0.1) is 36.9 Å². The van der Waals surface area contributed by atoms with Crippen LogP contribution in [0.25, 0.3) is 0 Å². The van der Waals surface area contributed by atoms with Crippen LogP contribution in [0.15, 0.2) is 11.8 Å². The number of nitrogens with one attached hydrogen (secondary N) is 8. The molecule has 12 amide bonds. The van der Waals surface area contributed by atoms with Gasteiger partial charge in [0.25, 0.3) is 11.8 Å². The van der Waals surface area contributed by atoms with Gasteiger partial charge in [-0.05, 0) is 85.0 Å². The second-order valence-electron chi connectivity index (χ2n) is 23.7. The number of aliphatic hydroxyl groups is 4. The molecule has 0 spiro atoms. The van der Waals surface area contributed by atoms with E-state index in [9.17, 15) is 78.0 Å². The van der Waals surface area contributed by atoms with Gasteiger partial charge in [-0.2, -0.15) is 0 Å². The SMILES string of the molecule is C/C=C1/NC(=O)[C@H](C(C)C)NC(=O)[C@H](O)[C@@H]([C@@H](C)CCCCCCCCCC[C@H](O)CCC)NC(=O)[C@@H]2CCCN2C(=O)[C@H](CC(N)=O)N(C)C(=O)[C@H]([C@@H](C)OC)NC(=O)[C@@H](C)NC(=O)[C@H](CCC(N)=O)NC(=O)[C@H]([C@@H](C)O)NC(=O)[C@H]([C@@H](C)O)NC1=O. The fraction of sp³-hybridized carbons (Fsp3) is 0.763. The first kappa shape index (κ1) is 77.3. The first-order valence-electron chi connectivity index (χ1n) is 30.8. The smallest absolute Gasteiger partial charge is 0.268 e. The van der Waals surface area contributed by atoms with Gasteiger partial charge in [-0.3, -0.25) is 57.5 Å². The van der Waals surface area contributed by atoms with Gasteiger partial charge in [0, 0.05) is 27.1 Å². The van der Waals surface area contributed by atoms with Crippen molar-refractivity contribution in [1.82, 2.24) is 52.3 Å². The van der Waals surface area contributed by atoms with E-state index in [1.165, 1.54) is 34.9 Å². The number of unbranched alkanes of at least 4 members (excludes halogenated alkanes) is 7. The predicted molar refractivity (Wildman–Crippen MR) is 322 cm³/mol. The molecular weight excluding hydrogens is 1150 g/mol. The lowest BCUT2D eigenvalue weighted by Crippen LogP contribution is -2.63. The number of amides is 12. The van der Waals surface area contributed by atoms with E-state index in [4.69, 9.17) is 16.2 Å². The molecule has 500 valence electrons. The molecule has 16 N–H and O–H groups in total. The van der Waals surface area contributed by atoms with Gasteiger partial charge in [0.15, 0.2) is 6.10 Å². The summed E-state index contributed by atoms with van der Waals surface area (Å²) in [6.45, 7) is 13.0. The Bertz CT molecular complexity index is 2410. The third-order valence-corrected chi connectivity index (χ3v) is 16.1. The Morgan fingerprint density at radius 1 is 0.648 bits per heavy atom. The van der Waals surface area contributed by atoms with Crippen molar-refractivity contribution in [2.75, 3.05) is 20.7 Å². The zero-order chi connectivity index (χ0) is 66.7. The van der Waals surface area contributed by atoms with E-state index in [2.05, 4.69) is 42.5 Å². The molecule has 0 aliphatic carbocycles. The molecule has 2 rings (SSSR count). The fourth-order valence-corrected chi connectivity index (χ4v) is 10.5. The molecule has 29 heteroatoms. The van der Waals surface area contributed by atoms with Crippen LogP contribution in [0.5, 0.6) is 0 Å². The number of rotatable bonds is 24. The number of methoxy groups -OCH3 is 1. The highest BCUT2D eigenvalue weighted by molar-refractivity contribution is 6.03. The molecule has 2 aliphatic heterocycles. The topological polar surface area (TPSA) is 450 Å². The largest absolute Gasteiger partial charge is 0.393 e. The van der Waals surface area contributed by atoms with Crippen molar-refractivity contribution in [3.8, 4) is 0 Å². The number of hydrogen-bond donors (Lipinski definition) is 14. The molecule has 15 atom stereocenters. The normalized spacial score (nSPS) is 27.2. The number of nitrogens with zero attached hydrogens (tertiary/aromatic N) is 2. The van der Waals surface area contributed by atoms with Crippen LogP contribution >= 0.6 is 0 Å². The van der Waals surface area contributed by atoms with Crippen molar-refractivity contribution in [2.45, 2.75) is 256 Å². The van der Waals surface area contributed by atoms with Crippen molar-refractivity contribution in [2.24, 2.45) is 23.3 Å². The monoisotopic (exact) mass is 1250 g/mol. The Kier molecular flexibility index (Phi) is 33.9. The Morgan fingerprint density at radius 3 is 1.73 bits per heavy atom. The lowest BCUT2D eigenvalue weighted by molar-refractivity contribution is -0.151. The van der Waals surface area contributed by atoms with E-state index < -0.39 is 186 Å². The molecular formula is C59H102N12O17. The number of hydrogen-bond acceptors (Lipinski definition) is 17. The summed E-state index contributed by atoms with van der Waals surface area (Å²) in [7, 11) is 2.39. The van der Waals surface area contributed by atoms with Gasteiger partial charge < -0.3 is 89.0 Å². The van der Waals surface area contributed by atoms with Crippen LogP contribution < -0.4 is 54.0 Å². The molecule has 0 bridgehead atoms. The van der Waals surface area contributed by atoms with Gasteiger partial charge in [0.2, 0.25) is 59.1 Å². The Morgan fingerprint density at radius 2 is 1.19 bits per heavy atom. The highest BCUT2D eigenvalue weighted by atomic mass is 16.5. The molecule has 88 heavy (non-hydrogen) atoms. The van der Waals surface area contributed by atoms with Crippen LogP contribution in [0.1, 0.15) is 171 Å². The average molecular weight is 1250 g/mol. The number of primary amides is 2. The molecule has 2 fully saturated rings. The van der Waals surface area contributed by atoms with E-state index in [0.717, 1.165) is 93.9 Å². The van der Waals surface area contributed by atoms with Crippen LogP contribution in [-0.4, -0.2) is 207 Å². The van der Waals surface area contributed by atoms with Gasteiger partial charge in [-0.15, -0.1) is 0 Å². The van der Waals surface area contributed by atoms with Crippen molar-refractivity contribution in [1.29, 1.82) is 0 Å². The van der Waals surface area contributed by atoms with Gasteiger partial charge in [0.1, 0.15) is 54.0 Å². The minimum atomic E-state index is -2.03. The molecule has 2 saturated heterocycles. The van der Waals surface area contributed by atoms with Crippen LogP contribution in [0.4, 0.5) is 0 Å². The second-order valence-corrected chi connectivity index (χ2v) is 23.7. The lowest BCUT2D eigenvalue weighted by atomic mass is 9.90. The summed E-state index contributed by atoms with van der Waals surface area (Å²) >= 11 is 0. The third-order valence-electron chi connectivity index (χ3n) is 16.1. The van der Waals surface area contributed by atoms with Crippen molar-refractivity contribution in [3.05, 3.63) is 11.8 Å². The van der Waals surface area contributed by atoms with Crippen LogP contribution in [0.3, 0.4) is 0 Å². The van der Waals surface area contributed by atoms with Crippen molar-refractivity contribution in [3.63, 3.8) is 0 Å². The van der Waals surface area contributed by atoms with Crippen molar-refractivity contribution >= 4 is 70.9 Å².